The number of nitrogens with zero attached hydrogens (tertiary/aromatic N) is 1. The lowest BCUT2D eigenvalue weighted by Crippen LogP contribution is -2.38. The van der Waals surface area contributed by atoms with Gasteiger partial charge < -0.3 is 10.4 Å². The Morgan fingerprint density at radius 2 is 2.05 bits per heavy atom. The van der Waals surface area contributed by atoms with Gasteiger partial charge in [0, 0.05) is 11.1 Å². The molecule has 0 saturated carbocycles. The quantitative estimate of drug-likeness (QED) is 0.888. The molecule has 0 saturated heterocycles. The SMILES string of the molecule is Cc1cc(C(=O)NC(CO)CC(C)C)c2ccccc2n1. The predicted octanol–water partition coefficient (Wildman–Crippen LogP) is 2.68. The second kappa shape index (κ2) is 6.68. The van der Waals surface area contributed by atoms with Gasteiger partial charge in [-0.2, -0.15) is 0 Å². The summed E-state index contributed by atoms with van der Waals surface area (Å²) in [5, 5.41) is 13.2. The summed E-state index contributed by atoms with van der Waals surface area (Å²) in [7, 11) is 0. The summed E-state index contributed by atoms with van der Waals surface area (Å²) in [5.74, 6) is 0.259. The maximum Gasteiger partial charge on any atom is 0.252 e. The maximum absolute atomic E-state index is 12.5. The molecule has 2 N–H and O–H groups in total. The molecule has 4 nitrogen and oxygen atoms in total. The third-order valence-corrected chi connectivity index (χ3v) is 3.40. The highest BCUT2D eigenvalue weighted by Crippen LogP contribution is 2.18. The molecule has 1 aromatic carbocycles. The molecule has 1 unspecified atom stereocenters. The smallest absolute Gasteiger partial charge is 0.252 e. The number of amides is 1. The Kier molecular flexibility index (Phi) is 4.91. The van der Waals surface area contributed by atoms with E-state index in [2.05, 4.69) is 24.1 Å². The maximum atomic E-state index is 12.5. The number of aliphatic hydroxyl groups excluding tert-OH is 1. The van der Waals surface area contributed by atoms with Crippen LogP contribution in [0, 0.1) is 12.8 Å². The van der Waals surface area contributed by atoms with Gasteiger partial charge in [0.25, 0.3) is 5.91 Å². The van der Waals surface area contributed by atoms with Crippen molar-refractivity contribution in [2.45, 2.75) is 33.2 Å². The third-order valence-electron chi connectivity index (χ3n) is 3.40. The molecule has 1 heterocycles. The van der Waals surface area contributed by atoms with Gasteiger partial charge in [0.2, 0.25) is 0 Å². The molecule has 4 heteroatoms. The van der Waals surface area contributed by atoms with Crippen molar-refractivity contribution >= 4 is 16.8 Å². The molecule has 1 aromatic heterocycles. The summed E-state index contributed by atoms with van der Waals surface area (Å²) in [6.07, 6.45) is 0.754. The van der Waals surface area contributed by atoms with E-state index in [-0.39, 0.29) is 18.6 Å². The van der Waals surface area contributed by atoms with E-state index < -0.39 is 0 Å². The summed E-state index contributed by atoms with van der Waals surface area (Å²) >= 11 is 0. The van der Waals surface area contributed by atoms with Gasteiger partial charge in [0.1, 0.15) is 0 Å². The molecular weight excluding hydrogens is 264 g/mol. The number of fused-ring (bicyclic) bond motifs is 1. The number of hydrogen-bond acceptors (Lipinski definition) is 3. The molecule has 0 fully saturated rings. The minimum atomic E-state index is -0.218. The Morgan fingerprint density at radius 3 is 2.71 bits per heavy atom. The molecular formula is C17H22N2O2. The van der Waals surface area contributed by atoms with Crippen LogP contribution in [0.4, 0.5) is 0 Å². The molecule has 0 aliphatic rings. The molecule has 0 aliphatic carbocycles. The van der Waals surface area contributed by atoms with Crippen LogP contribution in [-0.4, -0.2) is 28.6 Å². The number of aliphatic hydroxyl groups is 1. The number of carbonyl (C=O) groups is 1. The average Bonchev–Trinajstić information content (AvgIpc) is 2.44. The van der Waals surface area contributed by atoms with Crippen LogP contribution in [0.3, 0.4) is 0 Å². The van der Waals surface area contributed by atoms with Gasteiger partial charge in [0.05, 0.1) is 23.7 Å². The molecule has 0 aliphatic heterocycles. The first-order valence-electron chi connectivity index (χ1n) is 7.29. The number of aromatic nitrogens is 1. The van der Waals surface area contributed by atoms with Crippen molar-refractivity contribution in [2.24, 2.45) is 5.92 Å². The van der Waals surface area contributed by atoms with Crippen molar-refractivity contribution in [1.29, 1.82) is 0 Å². The Morgan fingerprint density at radius 1 is 1.33 bits per heavy atom. The molecule has 0 bridgehead atoms. The number of rotatable bonds is 5. The van der Waals surface area contributed by atoms with Gasteiger partial charge in [-0.1, -0.05) is 32.0 Å². The monoisotopic (exact) mass is 286 g/mol. The van der Waals surface area contributed by atoms with Crippen LogP contribution in [0.1, 0.15) is 36.3 Å². The summed E-state index contributed by atoms with van der Waals surface area (Å²) in [6.45, 7) is 5.97. The zero-order valence-corrected chi connectivity index (χ0v) is 12.8. The van der Waals surface area contributed by atoms with Crippen LogP contribution in [0.2, 0.25) is 0 Å². The van der Waals surface area contributed by atoms with Crippen molar-refractivity contribution < 1.29 is 9.90 Å². The lowest BCUT2D eigenvalue weighted by Gasteiger charge is -2.19. The van der Waals surface area contributed by atoms with Gasteiger partial charge in [-0.25, -0.2) is 0 Å². The van der Waals surface area contributed by atoms with Crippen LogP contribution in [0.15, 0.2) is 30.3 Å². The Labute approximate surface area is 125 Å². The van der Waals surface area contributed by atoms with Gasteiger partial charge in [-0.15, -0.1) is 0 Å². The van der Waals surface area contributed by atoms with Crippen LogP contribution in [0.5, 0.6) is 0 Å². The van der Waals surface area contributed by atoms with E-state index in [1.165, 1.54) is 0 Å². The van der Waals surface area contributed by atoms with Crippen molar-refractivity contribution in [3.8, 4) is 0 Å². The minimum Gasteiger partial charge on any atom is -0.394 e. The number of pyridine rings is 1. The number of para-hydroxylation sites is 1. The summed E-state index contributed by atoms with van der Waals surface area (Å²) in [4.78, 5) is 16.9. The van der Waals surface area contributed by atoms with E-state index >= 15 is 0 Å². The molecule has 1 amide bonds. The van der Waals surface area contributed by atoms with E-state index in [9.17, 15) is 9.90 Å². The van der Waals surface area contributed by atoms with Crippen LogP contribution in [0.25, 0.3) is 10.9 Å². The molecule has 2 rings (SSSR count). The standard InChI is InChI=1S/C17H22N2O2/c1-11(2)8-13(10-20)19-17(21)15-9-12(3)18-16-7-5-4-6-14(15)16/h4-7,9,11,13,20H,8,10H2,1-3H3,(H,19,21). The highest BCUT2D eigenvalue weighted by molar-refractivity contribution is 6.06. The van der Waals surface area contributed by atoms with E-state index in [1.807, 2.05) is 31.2 Å². The lowest BCUT2D eigenvalue weighted by molar-refractivity contribution is 0.0910. The van der Waals surface area contributed by atoms with Gasteiger partial charge in [0.15, 0.2) is 0 Å². The number of benzene rings is 1. The summed E-state index contributed by atoms with van der Waals surface area (Å²) in [6, 6.07) is 9.18. The molecule has 2 aromatic rings. The van der Waals surface area contributed by atoms with Gasteiger partial charge >= 0.3 is 0 Å². The van der Waals surface area contributed by atoms with E-state index in [1.54, 1.807) is 6.07 Å². The van der Waals surface area contributed by atoms with Crippen molar-refractivity contribution in [1.82, 2.24) is 10.3 Å². The largest absolute Gasteiger partial charge is 0.394 e. The Balaban J connectivity index is 2.30. The Bertz CT molecular complexity index is 638. The van der Waals surface area contributed by atoms with E-state index in [4.69, 9.17) is 0 Å². The normalized spacial score (nSPS) is 12.6. The molecule has 0 radical (unpaired) electrons. The van der Waals surface area contributed by atoms with Crippen molar-refractivity contribution in [3.05, 3.63) is 41.6 Å². The number of nitrogens with one attached hydrogen (secondary N) is 1. The molecule has 21 heavy (non-hydrogen) atoms. The zero-order valence-electron chi connectivity index (χ0n) is 12.8. The van der Waals surface area contributed by atoms with E-state index in [0.717, 1.165) is 23.0 Å². The third kappa shape index (κ3) is 3.79. The number of carbonyl (C=O) groups excluding carboxylic acids is 1. The number of aryl methyl sites for hydroxylation is 1. The summed E-state index contributed by atoms with van der Waals surface area (Å²) < 4.78 is 0. The summed E-state index contributed by atoms with van der Waals surface area (Å²) in [5.41, 5.74) is 2.23. The number of hydrogen-bond donors (Lipinski definition) is 2. The second-order valence-corrected chi connectivity index (χ2v) is 5.81. The van der Waals surface area contributed by atoms with Gasteiger partial charge in [-0.3, -0.25) is 9.78 Å². The first-order chi connectivity index (χ1) is 10.0. The minimum absolute atomic E-state index is 0.0497. The van der Waals surface area contributed by atoms with Crippen LogP contribution in [-0.2, 0) is 0 Å². The lowest BCUT2D eigenvalue weighted by atomic mass is 10.0. The zero-order chi connectivity index (χ0) is 15.4. The predicted molar refractivity (Wildman–Crippen MR) is 84.3 cm³/mol. The van der Waals surface area contributed by atoms with Crippen LogP contribution < -0.4 is 5.32 Å². The highest BCUT2D eigenvalue weighted by atomic mass is 16.3. The highest BCUT2D eigenvalue weighted by Gasteiger charge is 2.17. The van der Waals surface area contributed by atoms with Crippen molar-refractivity contribution in [2.75, 3.05) is 6.61 Å². The Hall–Kier alpha value is -1.94. The first-order valence-corrected chi connectivity index (χ1v) is 7.29. The molecule has 0 spiro atoms. The van der Waals surface area contributed by atoms with E-state index in [0.29, 0.717) is 11.5 Å². The van der Waals surface area contributed by atoms with Crippen molar-refractivity contribution in [3.63, 3.8) is 0 Å². The second-order valence-electron chi connectivity index (χ2n) is 5.81. The fraction of sp³-hybridized carbons (Fsp3) is 0.412. The fourth-order valence-electron chi connectivity index (χ4n) is 2.51. The first kappa shape index (κ1) is 15.4. The van der Waals surface area contributed by atoms with Crippen LogP contribution >= 0.6 is 0 Å². The topological polar surface area (TPSA) is 62.2 Å². The van der Waals surface area contributed by atoms with Gasteiger partial charge in [-0.05, 0) is 31.4 Å². The fourth-order valence-corrected chi connectivity index (χ4v) is 2.51. The molecule has 1 atom stereocenters. The molecule has 112 valence electrons. The average molecular weight is 286 g/mol.